The second-order valence-electron chi connectivity index (χ2n) is 10.1. The van der Waals surface area contributed by atoms with Crippen LogP contribution in [0.4, 0.5) is 0 Å². The molecule has 0 radical (unpaired) electrons. The molecule has 196 valence electrons. The van der Waals surface area contributed by atoms with Crippen molar-refractivity contribution in [3.63, 3.8) is 0 Å². The van der Waals surface area contributed by atoms with Crippen LogP contribution >= 0.6 is 0 Å². The fourth-order valence-corrected chi connectivity index (χ4v) is 4.51. The molecule has 4 heteroatoms. The minimum Gasteiger partial charge on any atom is -0.462 e. The number of carbonyl (C=O) groups excluding carboxylic acids is 2. The molecule has 0 aromatic rings. The second kappa shape index (κ2) is 21.9. The lowest BCUT2D eigenvalue weighted by Gasteiger charge is -2.27. The number of rotatable bonds is 20. The second-order valence-corrected chi connectivity index (χ2v) is 10.1. The molecular formula is C30H52O4. The molecule has 1 fully saturated rings. The van der Waals surface area contributed by atoms with Crippen LogP contribution in [0.2, 0.25) is 0 Å². The van der Waals surface area contributed by atoms with Crippen LogP contribution in [-0.2, 0) is 19.1 Å². The zero-order chi connectivity index (χ0) is 24.7. The van der Waals surface area contributed by atoms with Crippen LogP contribution in [0.3, 0.4) is 0 Å². The monoisotopic (exact) mass is 476 g/mol. The minimum atomic E-state index is -0.213. The van der Waals surface area contributed by atoms with Crippen LogP contribution in [-0.4, -0.2) is 25.2 Å². The van der Waals surface area contributed by atoms with Crippen molar-refractivity contribution in [1.82, 2.24) is 0 Å². The van der Waals surface area contributed by atoms with Crippen LogP contribution < -0.4 is 0 Å². The van der Waals surface area contributed by atoms with Gasteiger partial charge < -0.3 is 9.47 Å². The summed E-state index contributed by atoms with van der Waals surface area (Å²) in [5, 5.41) is 0. The summed E-state index contributed by atoms with van der Waals surface area (Å²) in [6, 6.07) is 0. The van der Waals surface area contributed by atoms with E-state index in [4.69, 9.17) is 9.47 Å². The summed E-state index contributed by atoms with van der Waals surface area (Å²) in [7, 11) is 0. The van der Waals surface area contributed by atoms with E-state index in [2.05, 4.69) is 13.8 Å². The summed E-state index contributed by atoms with van der Waals surface area (Å²) in [6.45, 7) is 5.48. The molecule has 1 aliphatic rings. The highest BCUT2D eigenvalue weighted by Gasteiger charge is 2.23. The number of esters is 2. The van der Waals surface area contributed by atoms with Gasteiger partial charge in [-0.25, -0.2) is 9.59 Å². The van der Waals surface area contributed by atoms with E-state index >= 15 is 0 Å². The van der Waals surface area contributed by atoms with Crippen molar-refractivity contribution in [3.8, 4) is 0 Å². The zero-order valence-corrected chi connectivity index (χ0v) is 22.2. The smallest absolute Gasteiger partial charge is 0.330 e. The predicted octanol–water partition coefficient (Wildman–Crippen LogP) is 8.49. The van der Waals surface area contributed by atoms with Crippen LogP contribution in [0.1, 0.15) is 129 Å². The maximum Gasteiger partial charge on any atom is 0.330 e. The Morgan fingerprint density at radius 2 is 0.941 bits per heavy atom. The van der Waals surface area contributed by atoms with Crippen molar-refractivity contribution in [3.05, 3.63) is 24.3 Å². The van der Waals surface area contributed by atoms with Crippen LogP contribution in [0, 0.1) is 11.8 Å². The molecule has 0 aliphatic heterocycles. The van der Waals surface area contributed by atoms with E-state index in [1.807, 2.05) is 12.2 Å². The molecule has 0 N–H and O–H groups in total. The summed E-state index contributed by atoms with van der Waals surface area (Å²) < 4.78 is 10.9. The van der Waals surface area contributed by atoms with E-state index < -0.39 is 0 Å². The van der Waals surface area contributed by atoms with Crippen LogP contribution in [0.15, 0.2) is 24.3 Å². The zero-order valence-electron chi connectivity index (χ0n) is 22.2. The average Bonchev–Trinajstić information content (AvgIpc) is 2.85. The van der Waals surface area contributed by atoms with E-state index in [-0.39, 0.29) is 11.9 Å². The number of allylic oxidation sites excluding steroid dienone is 2. The lowest BCUT2D eigenvalue weighted by molar-refractivity contribution is -0.141. The van der Waals surface area contributed by atoms with E-state index in [0.717, 1.165) is 51.4 Å². The summed E-state index contributed by atoms with van der Waals surface area (Å²) >= 11 is 0. The van der Waals surface area contributed by atoms with Gasteiger partial charge in [-0.05, 0) is 63.2 Å². The van der Waals surface area contributed by atoms with Gasteiger partial charge in [-0.1, -0.05) is 90.2 Å². The maximum absolute atomic E-state index is 11.9. The molecule has 0 atom stereocenters. The van der Waals surface area contributed by atoms with Gasteiger partial charge >= 0.3 is 11.9 Å². The van der Waals surface area contributed by atoms with Gasteiger partial charge in [0.2, 0.25) is 0 Å². The van der Waals surface area contributed by atoms with Gasteiger partial charge in [0.25, 0.3) is 0 Å². The normalized spacial score (nSPS) is 18.5. The van der Waals surface area contributed by atoms with Crippen molar-refractivity contribution in [2.45, 2.75) is 129 Å². The number of hydrogen-bond acceptors (Lipinski definition) is 4. The van der Waals surface area contributed by atoms with Crippen molar-refractivity contribution in [2.75, 3.05) is 13.2 Å². The standard InChI is InChI=1S/C30H52O4/c1-3-5-7-9-11-13-15-17-19-29(31)33-25-27-21-23-28(24-22-27)26-34-30(32)20-18-16-14-12-10-8-6-4-2/h17-20,27-28H,3-16,21-26H2,1-2H3. The lowest BCUT2D eigenvalue weighted by Crippen LogP contribution is -2.23. The Morgan fingerprint density at radius 3 is 1.32 bits per heavy atom. The van der Waals surface area contributed by atoms with Gasteiger partial charge in [-0.3, -0.25) is 0 Å². The number of hydrogen-bond donors (Lipinski definition) is 0. The Kier molecular flexibility index (Phi) is 19.6. The van der Waals surface area contributed by atoms with Gasteiger partial charge in [0, 0.05) is 12.2 Å². The molecule has 1 rings (SSSR count). The highest BCUT2D eigenvalue weighted by Crippen LogP contribution is 2.29. The van der Waals surface area contributed by atoms with Crippen LogP contribution in [0.5, 0.6) is 0 Å². The SMILES string of the molecule is CCCCCCCCC=CC(=O)OCC1CCC(COC(=O)C=CCCCCCCCC)CC1. The van der Waals surface area contributed by atoms with Gasteiger partial charge in [-0.2, -0.15) is 0 Å². The van der Waals surface area contributed by atoms with Crippen LogP contribution in [0.25, 0.3) is 0 Å². The first kappa shape index (κ1) is 30.5. The molecule has 34 heavy (non-hydrogen) atoms. The Hall–Kier alpha value is -1.58. The maximum atomic E-state index is 11.9. The highest BCUT2D eigenvalue weighted by atomic mass is 16.5. The summed E-state index contributed by atoms with van der Waals surface area (Å²) in [5.74, 6) is 0.435. The third-order valence-corrected chi connectivity index (χ3v) is 6.85. The number of carbonyl (C=O) groups is 2. The molecule has 0 aromatic heterocycles. The minimum absolute atomic E-state index is 0.213. The van der Waals surface area contributed by atoms with Gasteiger partial charge in [-0.15, -0.1) is 0 Å². The fourth-order valence-electron chi connectivity index (χ4n) is 4.51. The quantitative estimate of drug-likeness (QED) is 0.100. The van der Waals surface area contributed by atoms with Crippen molar-refractivity contribution in [2.24, 2.45) is 11.8 Å². The molecular weight excluding hydrogens is 424 g/mol. The predicted molar refractivity (Wildman–Crippen MR) is 142 cm³/mol. The van der Waals surface area contributed by atoms with Gasteiger partial charge in [0.05, 0.1) is 13.2 Å². The van der Waals surface area contributed by atoms with E-state index in [9.17, 15) is 9.59 Å². The van der Waals surface area contributed by atoms with Gasteiger partial charge in [0.1, 0.15) is 0 Å². The summed E-state index contributed by atoms with van der Waals surface area (Å²) in [6.07, 6.45) is 28.4. The first-order valence-electron chi connectivity index (χ1n) is 14.3. The Morgan fingerprint density at radius 1 is 0.588 bits per heavy atom. The molecule has 0 aromatic carbocycles. The number of unbranched alkanes of at least 4 members (excludes halogenated alkanes) is 12. The third kappa shape index (κ3) is 17.8. The average molecular weight is 477 g/mol. The molecule has 1 saturated carbocycles. The molecule has 0 spiro atoms. The molecule has 0 amide bonds. The van der Waals surface area contributed by atoms with E-state index in [0.29, 0.717) is 25.0 Å². The first-order chi connectivity index (χ1) is 16.7. The molecule has 0 unspecified atom stereocenters. The van der Waals surface area contributed by atoms with Gasteiger partial charge in [0.15, 0.2) is 0 Å². The van der Waals surface area contributed by atoms with E-state index in [1.165, 1.54) is 64.2 Å². The Bertz CT molecular complexity index is 508. The van der Waals surface area contributed by atoms with Crippen molar-refractivity contribution < 1.29 is 19.1 Å². The molecule has 1 aliphatic carbocycles. The van der Waals surface area contributed by atoms with Crippen molar-refractivity contribution in [1.29, 1.82) is 0 Å². The third-order valence-electron chi connectivity index (χ3n) is 6.85. The largest absolute Gasteiger partial charge is 0.462 e. The Labute approximate surface area is 209 Å². The topological polar surface area (TPSA) is 52.6 Å². The van der Waals surface area contributed by atoms with E-state index in [1.54, 1.807) is 12.2 Å². The van der Waals surface area contributed by atoms with Crippen molar-refractivity contribution >= 4 is 11.9 Å². The lowest BCUT2D eigenvalue weighted by atomic mass is 9.83. The number of ether oxygens (including phenoxy) is 2. The molecule has 0 heterocycles. The summed E-state index contributed by atoms with van der Waals surface area (Å²) in [5.41, 5.74) is 0. The molecule has 0 bridgehead atoms. The highest BCUT2D eigenvalue weighted by molar-refractivity contribution is 5.82. The summed E-state index contributed by atoms with van der Waals surface area (Å²) in [4.78, 5) is 23.8. The Balaban J connectivity index is 2.01. The fraction of sp³-hybridized carbons (Fsp3) is 0.800. The molecule has 0 saturated heterocycles. The molecule has 4 nitrogen and oxygen atoms in total. The first-order valence-corrected chi connectivity index (χ1v) is 14.3.